The zero-order valence-corrected chi connectivity index (χ0v) is 12.8. The molecule has 1 aliphatic rings. The molecule has 1 aromatic rings. The predicted octanol–water partition coefficient (Wildman–Crippen LogP) is 3.07. The van der Waals surface area contributed by atoms with E-state index in [1.165, 1.54) is 11.1 Å². The Balaban J connectivity index is 2.22. The lowest BCUT2D eigenvalue weighted by Crippen LogP contribution is -2.64. The summed E-state index contributed by atoms with van der Waals surface area (Å²) in [6.07, 6.45) is 1.50. The Kier molecular flexibility index (Phi) is 3.76. The summed E-state index contributed by atoms with van der Waals surface area (Å²) in [4.78, 5) is 0. The van der Waals surface area contributed by atoms with Crippen LogP contribution in [0.3, 0.4) is 0 Å². The monoisotopic (exact) mass is 261 g/mol. The SMILES string of the molecule is Cc1ccccc1CC1C(O)CC(C)(C)NC1(C)C. The molecule has 0 aromatic heterocycles. The Morgan fingerprint density at radius 1 is 1.21 bits per heavy atom. The van der Waals surface area contributed by atoms with Crippen molar-refractivity contribution >= 4 is 0 Å². The molecule has 106 valence electrons. The van der Waals surface area contributed by atoms with Gasteiger partial charge in [0.1, 0.15) is 0 Å². The van der Waals surface area contributed by atoms with E-state index < -0.39 is 0 Å². The van der Waals surface area contributed by atoms with Crippen molar-refractivity contribution in [2.45, 2.75) is 64.6 Å². The molecule has 0 saturated carbocycles. The molecule has 0 amide bonds. The molecule has 2 rings (SSSR count). The molecule has 2 unspecified atom stereocenters. The Morgan fingerprint density at radius 2 is 1.84 bits per heavy atom. The van der Waals surface area contributed by atoms with Crippen LogP contribution in [0, 0.1) is 12.8 Å². The quantitative estimate of drug-likeness (QED) is 0.857. The molecule has 2 heteroatoms. The topological polar surface area (TPSA) is 32.3 Å². The summed E-state index contributed by atoms with van der Waals surface area (Å²) in [5.74, 6) is 0.252. The molecule has 0 spiro atoms. The highest BCUT2D eigenvalue weighted by molar-refractivity contribution is 5.27. The van der Waals surface area contributed by atoms with Gasteiger partial charge in [0.25, 0.3) is 0 Å². The molecule has 0 aliphatic carbocycles. The van der Waals surface area contributed by atoms with E-state index in [2.05, 4.69) is 64.2 Å². The number of rotatable bonds is 2. The predicted molar refractivity (Wildman–Crippen MR) is 80.3 cm³/mol. The molecule has 2 atom stereocenters. The molecule has 19 heavy (non-hydrogen) atoms. The normalized spacial score (nSPS) is 29.2. The van der Waals surface area contributed by atoms with E-state index in [0.29, 0.717) is 0 Å². The Labute approximate surface area is 117 Å². The van der Waals surface area contributed by atoms with Crippen LogP contribution in [-0.4, -0.2) is 22.3 Å². The van der Waals surface area contributed by atoms with Crippen LogP contribution in [-0.2, 0) is 6.42 Å². The lowest BCUT2D eigenvalue weighted by atomic mass is 9.70. The number of aliphatic hydroxyl groups excluding tert-OH is 1. The lowest BCUT2D eigenvalue weighted by molar-refractivity contribution is -0.0212. The summed E-state index contributed by atoms with van der Waals surface area (Å²) in [6, 6.07) is 8.48. The zero-order valence-electron chi connectivity index (χ0n) is 12.8. The van der Waals surface area contributed by atoms with Crippen molar-refractivity contribution in [2.75, 3.05) is 0 Å². The fraction of sp³-hybridized carbons (Fsp3) is 0.647. The van der Waals surface area contributed by atoms with Crippen LogP contribution in [0.2, 0.25) is 0 Å². The molecule has 2 nitrogen and oxygen atoms in total. The summed E-state index contributed by atoms with van der Waals surface area (Å²) < 4.78 is 0. The number of hydrogen-bond donors (Lipinski definition) is 2. The maximum Gasteiger partial charge on any atom is 0.0606 e. The van der Waals surface area contributed by atoms with Crippen molar-refractivity contribution in [1.29, 1.82) is 0 Å². The van der Waals surface area contributed by atoms with Crippen LogP contribution in [0.5, 0.6) is 0 Å². The van der Waals surface area contributed by atoms with E-state index in [4.69, 9.17) is 0 Å². The standard InChI is InChI=1S/C17H27NO/c1-12-8-6-7-9-13(12)10-14-15(19)11-16(2,3)18-17(14,4)5/h6-9,14-15,18-19H,10-11H2,1-5H3. The van der Waals surface area contributed by atoms with Crippen LogP contribution in [0.1, 0.15) is 45.2 Å². The van der Waals surface area contributed by atoms with E-state index in [1.807, 2.05) is 0 Å². The minimum absolute atomic E-state index is 0.00511. The number of aliphatic hydroxyl groups is 1. The lowest BCUT2D eigenvalue weighted by Gasteiger charge is -2.50. The van der Waals surface area contributed by atoms with Crippen molar-refractivity contribution in [2.24, 2.45) is 5.92 Å². The Hall–Kier alpha value is -0.860. The third-order valence-electron chi connectivity index (χ3n) is 4.47. The average Bonchev–Trinajstić information content (AvgIpc) is 2.23. The first kappa shape index (κ1) is 14.5. The highest BCUT2D eigenvalue weighted by Gasteiger charge is 2.44. The highest BCUT2D eigenvalue weighted by Crippen LogP contribution is 2.36. The zero-order chi connectivity index (χ0) is 14.3. The number of nitrogens with one attached hydrogen (secondary N) is 1. The maximum atomic E-state index is 10.6. The molecular formula is C17H27NO. The second-order valence-corrected chi connectivity index (χ2v) is 7.24. The van der Waals surface area contributed by atoms with Gasteiger partial charge in [0.2, 0.25) is 0 Å². The van der Waals surface area contributed by atoms with E-state index in [-0.39, 0.29) is 23.1 Å². The van der Waals surface area contributed by atoms with E-state index >= 15 is 0 Å². The minimum Gasteiger partial charge on any atom is -0.393 e. The van der Waals surface area contributed by atoms with Crippen molar-refractivity contribution in [3.05, 3.63) is 35.4 Å². The second kappa shape index (κ2) is 4.92. The van der Waals surface area contributed by atoms with Gasteiger partial charge in [-0.15, -0.1) is 0 Å². The molecule has 1 aliphatic heterocycles. The fourth-order valence-corrected chi connectivity index (χ4v) is 3.63. The summed E-state index contributed by atoms with van der Waals surface area (Å²) in [7, 11) is 0. The third kappa shape index (κ3) is 3.18. The number of aryl methyl sites for hydroxylation is 1. The molecule has 2 N–H and O–H groups in total. The molecule has 1 aromatic carbocycles. The Morgan fingerprint density at radius 3 is 2.42 bits per heavy atom. The van der Waals surface area contributed by atoms with Crippen LogP contribution in [0.15, 0.2) is 24.3 Å². The average molecular weight is 261 g/mol. The highest BCUT2D eigenvalue weighted by atomic mass is 16.3. The molecule has 0 radical (unpaired) electrons. The van der Waals surface area contributed by atoms with Gasteiger partial charge in [-0.2, -0.15) is 0 Å². The van der Waals surface area contributed by atoms with Crippen molar-refractivity contribution in [3.8, 4) is 0 Å². The largest absolute Gasteiger partial charge is 0.393 e. The van der Waals surface area contributed by atoms with Crippen LogP contribution < -0.4 is 5.32 Å². The van der Waals surface area contributed by atoms with Crippen LogP contribution in [0.25, 0.3) is 0 Å². The van der Waals surface area contributed by atoms with E-state index in [9.17, 15) is 5.11 Å². The van der Waals surface area contributed by atoms with Crippen LogP contribution in [0.4, 0.5) is 0 Å². The summed E-state index contributed by atoms with van der Waals surface area (Å²) in [6.45, 7) is 10.9. The fourth-order valence-electron chi connectivity index (χ4n) is 3.63. The van der Waals surface area contributed by atoms with Gasteiger partial charge < -0.3 is 10.4 Å². The van der Waals surface area contributed by atoms with Gasteiger partial charge >= 0.3 is 0 Å². The van der Waals surface area contributed by atoms with Gasteiger partial charge in [-0.05, 0) is 58.6 Å². The van der Waals surface area contributed by atoms with Gasteiger partial charge in [0.05, 0.1) is 6.10 Å². The number of piperidine rings is 1. The number of benzene rings is 1. The van der Waals surface area contributed by atoms with Crippen molar-refractivity contribution < 1.29 is 5.11 Å². The van der Waals surface area contributed by atoms with Crippen molar-refractivity contribution in [3.63, 3.8) is 0 Å². The maximum absolute atomic E-state index is 10.6. The summed E-state index contributed by atoms with van der Waals surface area (Å²) in [5.41, 5.74) is 2.62. The first-order valence-electron chi connectivity index (χ1n) is 7.23. The van der Waals surface area contributed by atoms with Gasteiger partial charge in [0.15, 0.2) is 0 Å². The first-order valence-corrected chi connectivity index (χ1v) is 7.23. The van der Waals surface area contributed by atoms with Gasteiger partial charge in [0, 0.05) is 17.0 Å². The third-order valence-corrected chi connectivity index (χ3v) is 4.47. The molecule has 1 heterocycles. The van der Waals surface area contributed by atoms with Gasteiger partial charge in [-0.25, -0.2) is 0 Å². The molecule has 1 fully saturated rings. The van der Waals surface area contributed by atoms with E-state index in [1.54, 1.807) is 0 Å². The van der Waals surface area contributed by atoms with Gasteiger partial charge in [-0.1, -0.05) is 24.3 Å². The Bertz CT molecular complexity index is 450. The first-order chi connectivity index (χ1) is 8.71. The second-order valence-electron chi connectivity index (χ2n) is 7.24. The molecule has 0 bridgehead atoms. The minimum atomic E-state index is -0.245. The van der Waals surface area contributed by atoms with Gasteiger partial charge in [-0.3, -0.25) is 0 Å². The number of hydrogen-bond acceptors (Lipinski definition) is 2. The smallest absolute Gasteiger partial charge is 0.0606 e. The van der Waals surface area contributed by atoms with Crippen molar-refractivity contribution in [1.82, 2.24) is 5.32 Å². The molecule has 1 saturated heterocycles. The summed E-state index contributed by atoms with van der Waals surface area (Å²) >= 11 is 0. The molecular weight excluding hydrogens is 234 g/mol. The van der Waals surface area contributed by atoms with Crippen LogP contribution >= 0.6 is 0 Å². The van der Waals surface area contributed by atoms with E-state index in [0.717, 1.165) is 12.8 Å². The summed E-state index contributed by atoms with van der Waals surface area (Å²) in [5, 5.41) is 14.2.